The fraction of sp³-hybridized carbons (Fsp3) is 0.438. The lowest BCUT2D eigenvalue weighted by molar-refractivity contribution is 0.0479. The van der Waals surface area contributed by atoms with Crippen LogP contribution in [0.25, 0.3) is 11.0 Å². The first-order valence-electron chi connectivity index (χ1n) is 7.38. The van der Waals surface area contributed by atoms with Crippen molar-refractivity contribution in [2.75, 3.05) is 13.2 Å². The van der Waals surface area contributed by atoms with Gasteiger partial charge < -0.3 is 14.0 Å². The van der Waals surface area contributed by atoms with Crippen molar-refractivity contribution in [3.8, 4) is 0 Å². The monoisotopic (exact) mass is 304 g/mol. The molecule has 1 aromatic heterocycles. The molecule has 0 aliphatic rings. The molecule has 0 bridgehead atoms. The van der Waals surface area contributed by atoms with Crippen molar-refractivity contribution >= 4 is 23.0 Å². The number of rotatable bonds is 5. The lowest BCUT2D eigenvalue weighted by atomic mass is 10.1. The number of aryl methyl sites for hydroxylation is 2. The molecule has 6 nitrogen and oxygen atoms in total. The van der Waals surface area contributed by atoms with Crippen LogP contribution < -0.4 is 0 Å². The summed E-state index contributed by atoms with van der Waals surface area (Å²) in [6.45, 7) is 8.53. The largest absolute Gasteiger partial charge is 0.462 e. The molecule has 0 unspecified atom stereocenters. The Morgan fingerprint density at radius 1 is 1.05 bits per heavy atom. The first-order valence-corrected chi connectivity index (χ1v) is 7.38. The minimum absolute atomic E-state index is 0.188. The molecule has 118 valence electrons. The van der Waals surface area contributed by atoms with Crippen LogP contribution in [0.3, 0.4) is 0 Å². The quantitative estimate of drug-likeness (QED) is 0.794. The number of nitrogens with zero attached hydrogens (tertiary/aromatic N) is 2. The zero-order chi connectivity index (χ0) is 16.3. The number of ether oxygens (including phenoxy) is 2. The summed E-state index contributed by atoms with van der Waals surface area (Å²) < 4.78 is 12.1. The SMILES string of the molecule is CCOC(=O)c1cc2nc(C)n(CC)c2cc1C(=O)OCC. The van der Waals surface area contributed by atoms with E-state index in [0.29, 0.717) is 5.52 Å². The minimum Gasteiger partial charge on any atom is -0.462 e. The number of fused-ring (bicyclic) bond motifs is 1. The first kappa shape index (κ1) is 16.0. The Bertz CT molecular complexity index is 718. The molecule has 2 aromatic rings. The van der Waals surface area contributed by atoms with Crippen molar-refractivity contribution in [2.45, 2.75) is 34.2 Å². The Balaban J connectivity index is 2.67. The van der Waals surface area contributed by atoms with Gasteiger partial charge in [-0.2, -0.15) is 0 Å². The zero-order valence-corrected chi connectivity index (χ0v) is 13.3. The van der Waals surface area contributed by atoms with Crippen LogP contribution in [-0.4, -0.2) is 34.7 Å². The number of hydrogen-bond acceptors (Lipinski definition) is 5. The molecule has 22 heavy (non-hydrogen) atoms. The third-order valence-electron chi connectivity index (χ3n) is 3.39. The molecule has 0 N–H and O–H groups in total. The predicted octanol–water partition coefficient (Wildman–Crippen LogP) is 2.72. The number of carbonyl (C=O) groups excluding carboxylic acids is 2. The highest BCUT2D eigenvalue weighted by molar-refractivity contribution is 6.06. The Hall–Kier alpha value is -2.37. The summed E-state index contributed by atoms with van der Waals surface area (Å²) >= 11 is 0. The standard InChI is InChI=1S/C16H20N2O4/c1-5-18-10(4)17-13-8-11(15(19)21-6-2)12(9-14(13)18)16(20)22-7-3/h8-9H,5-7H2,1-4H3. The van der Waals surface area contributed by atoms with Gasteiger partial charge in [-0.15, -0.1) is 0 Å². The Morgan fingerprint density at radius 2 is 1.59 bits per heavy atom. The summed E-state index contributed by atoms with van der Waals surface area (Å²) in [6.07, 6.45) is 0. The molecular weight excluding hydrogens is 284 g/mol. The average Bonchev–Trinajstić information content (AvgIpc) is 2.80. The van der Waals surface area contributed by atoms with E-state index in [1.165, 1.54) is 0 Å². The summed E-state index contributed by atoms with van der Waals surface area (Å²) in [5, 5.41) is 0. The van der Waals surface area contributed by atoms with Crippen molar-refractivity contribution in [3.05, 3.63) is 29.1 Å². The average molecular weight is 304 g/mol. The van der Waals surface area contributed by atoms with Gasteiger partial charge in [-0.1, -0.05) is 0 Å². The van der Waals surface area contributed by atoms with Gasteiger partial charge in [0.05, 0.1) is 35.4 Å². The second-order valence-corrected chi connectivity index (χ2v) is 4.73. The molecule has 0 fully saturated rings. The van der Waals surface area contributed by atoms with Crippen LogP contribution in [0.1, 0.15) is 47.3 Å². The van der Waals surface area contributed by atoms with Crippen molar-refractivity contribution < 1.29 is 19.1 Å². The Kier molecular flexibility index (Phi) is 4.80. The molecule has 0 saturated heterocycles. The molecule has 6 heteroatoms. The Morgan fingerprint density at radius 3 is 2.09 bits per heavy atom. The van der Waals surface area contributed by atoms with Crippen LogP contribution in [0, 0.1) is 6.92 Å². The van der Waals surface area contributed by atoms with E-state index in [-0.39, 0.29) is 24.3 Å². The summed E-state index contributed by atoms with van der Waals surface area (Å²) in [7, 11) is 0. The van der Waals surface area contributed by atoms with E-state index in [4.69, 9.17) is 9.47 Å². The third-order valence-corrected chi connectivity index (χ3v) is 3.39. The lowest BCUT2D eigenvalue weighted by Crippen LogP contribution is -2.14. The number of hydrogen-bond donors (Lipinski definition) is 0. The van der Waals surface area contributed by atoms with Crippen molar-refractivity contribution in [3.63, 3.8) is 0 Å². The van der Waals surface area contributed by atoms with Gasteiger partial charge in [0.1, 0.15) is 5.82 Å². The van der Waals surface area contributed by atoms with Gasteiger partial charge >= 0.3 is 11.9 Å². The number of esters is 2. The molecular formula is C16H20N2O4. The highest BCUT2D eigenvalue weighted by Crippen LogP contribution is 2.23. The molecule has 0 radical (unpaired) electrons. The van der Waals surface area contributed by atoms with Gasteiger partial charge in [0.25, 0.3) is 0 Å². The van der Waals surface area contributed by atoms with Crippen LogP contribution in [0.4, 0.5) is 0 Å². The fourth-order valence-corrected chi connectivity index (χ4v) is 2.45. The molecule has 0 saturated carbocycles. The van der Waals surface area contributed by atoms with Crippen LogP contribution in [0.15, 0.2) is 12.1 Å². The number of benzene rings is 1. The number of carbonyl (C=O) groups is 2. The number of imidazole rings is 1. The smallest absolute Gasteiger partial charge is 0.339 e. The van der Waals surface area contributed by atoms with Gasteiger partial charge in [0, 0.05) is 6.54 Å². The lowest BCUT2D eigenvalue weighted by Gasteiger charge is -2.09. The minimum atomic E-state index is -0.545. The maximum Gasteiger partial charge on any atom is 0.339 e. The van der Waals surface area contributed by atoms with E-state index in [0.717, 1.165) is 17.9 Å². The molecule has 0 spiro atoms. The predicted molar refractivity (Wildman–Crippen MR) is 82.1 cm³/mol. The molecule has 1 aromatic carbocycles. The van der Waals surface area contributed by atoms with Crippen molar-refractivity contribution in [1.82, 2.24) is 9.55 Å². The van der Waals surface area contributed by atoms with E-state index in [1.54, 1.807) is 26.0 Å². The number of aromatic nitrogens is 2. The van der Waals surface area contributed by atoms with Gasteiger partial charge in [0.15, 0.2) is 0 Å². The van der Waals surface area contributed by atoms with Crippen LogP contribution in [0.2, 0.25) is 0 Å². The Labute approximate surface area is 129 Å². The van der Waals surface area contributed by atoms with E-state index in [2.05, 4.69) is 4.98 Å². The third kappa shape index (κ3) is 2.81. The van der Waals surface area contributed by atoms with Gasteiger partial charge in [-0.05, 0) is 39.8 Å². The highest BCUT2D eigenvalue weighted by Gasteiger charge is 2.22. The maximum atomic E-state index is 12.2. The van der Waals surface area contributed by atoms with Crippen LogP contribution in [-0.2, 0) is 16.0 Å². The van der Waals surface area contributed by atoms with E-state index >= 15 is 0 Å². The van der Waals surface area contributed by atoms with Crippen molar-refractivity contribution in [2.24, 2.45) is 0 Å². The zero-order valence-electron chi connectivity index (χ0n) is 13.3. The van der Waals surface area contributed by atoms with Gasteiger partial charge in [0.2, 0.25) is 0 Å². The normalized spacial score (nSPS) is 10.7. The molecule has 1 heterocycles. The molecule has 0 aliphatic carbocycles. The van der Waals surface area contributed by atoms with Crippen molar-refractivity contribution in [1.29, 1.82) is 0 Å². The summed E-state index contributed by atoms with van der Waals surface area (Å²) in [4.78, 5) is 28.7. The summed E-state index contributed by atoms with van der Waals surface area (Å²) in [6, 6.07) is 3.25. The second-order valence-electron chi connectivity index (χ2n) is 4.73. The van der Waals surface area contributed by atoms with E-state index in [9.17, 15) is 9.59 Å². The second kappa shape index (κ2) is 6.60. The first-order chi connectivity index (χ1) is 10.5. The summed E-state index contributed by atoms with van der Waals surface area (Å²) in [5.74, 6) is -0.251. The molecule has 2 rings (SSSR count). The van der Waals surface area contributed by atoms with E-state index < -0.39 is 11.9 Å². The van der Waals surface area contributed by atoms with Gasteiger partial charge in [-0.3, -0.25) is 0 Å². The summed E-state index contributed by atoms with van der Waals surface area (Å²) in [5.41, 5.74) is 1.86. The van der Waals surface area contributed by atoms with Crippen LogP contribution in [0.5, 0.6) is 0 Å². The topological polar surface area (TPSA) is 70.4 Å². The fourth-order valence-electron chi connectivity index (χ4n) is 2.45. The maximum absolute atomic E-state index is 12.2. The van der Waals surface area contributed by atoms with E-state index in [1.807, 2.05) is 18.4 Å². The highest BCUT2D eigenvalue weighted by atomic mass is 16.5. The molecule has 0 atom stereocenters. The van der Waals surface area contributed by atoms with Gasteiger partial charge in [-0.25, -0.2) is 14.6 Å². The molecule has 0 aliphatic heterocycles. The van der Waals surface area contributed by atoms with Crippen LogP contribution >= 0.6 is 0 Å². The molecule has 0 amide bonds.